The molecule has 0 atom stereocenters. The maximum Gasteiger partial charge on any atom is 0.0653 e. The van der Waals surface area contributed by atoms with Crippen LogP contribution in [0, 0.1) is 0 Å². The van der Waals surface area contributed by atoms with E-state index in [0.29, 0.717) is 0 Å². The van der Waals surface area contributed by atoms with Crippen molar-refractivity contribution in [3.05, 3.63) is 23.8 Å². The molecule has 1 heteroatoms. The van der Waals surface area contributed by atoms with Crippen molar-refractivity contribution >= 4 is 0 Å². The molecule has 0 aromatic rings. The molecule has 1 aliphatic rings. The smallest absolute Gasteiger partial charge is 0.0653 e. The Morgan fingerprint density at radius 1 is 1.70 bits per heavy atom. The largest absolute Gasteiger partial charge is 0.377 e. The van der Waals surface area contributed by atoms with Crippen LogP contribution in [0.4, 0.5) is 0 Å². The van der Waals surface area contributed by atoms with Crippen LogP contribution in [0.5, 0.6) is 0 Å². The van der Waals surface area contributed by atoms with Gasteiger partial charge in [0.25, 0.3) is 0 Å². The van der Waals surface area contributed by atoms with Gasteiger partial charge in [-0.15, -0.1) is 0 Å². The van der Waals surface area contributed by atoms with Gasteiger partial charge in [-0.3, -0.25) is 0 Å². The van der Waals surface area contributed by atoms with Crippen molar-refractivity contribution in [2.24, 2.45) is 0 Å². The van der Waals surface area contributed by atoms with Crippen LogP contribution in [0.3, 0.4) is 0 Å². The van der Waals surface area contributed by atoms with Gasteiger partial charge in [0, 0.05) is 0 Å². The van der Waals surface area contributed by atoms with Gasteiger partial charge in [0.15, 0.2) is 0 Å². The summed E-state index contributed by atoms with van der Waals surface area (Å²) in [5.41, 5.74) is 1.42. The quantitative estimate of drug-likeness (QED) is 0.569. The minimum Gasteiger partial charge on any atom is -0.377 e. The first-order valence-electron chi connectivity index (χ1n) is 3.87. The number of hydrogen-bond donors (Lipinski definition) is 0. The lowest BCUT2D eigenvalue weighted by molar-refractivity contribution is 0.156. The SMILES string of the molecule is CCC=CC1=CCOCC1. The van der Waals surface area contributed by atoms with Crippen molar-refractivity contribution in [3.8, 4) is 0 Å². The molecule has 1 aliphatic heterocycles. The van der Waals surface area contributed by atoms with E-state index in [1.807, 2.05) is 0 Å². The van der Waals surface area contributed by atoms with Gasteiger partial charge in [0.1, 0.15) is 0 Å². The van der Waals surface area contributed by atoms with E-state index in [-0.39, 0.29) is 0 Å². The molecule has 0 saturated heterocycles. The normalized spacial score (nSPS) is 19.5. The molecule has 0 unspecified atom stereocenters. The molecule has 0 spiro atoms. The summed E-state index contributed by atoms with van der Waals surface area (Å²) in [6.07, 6.45) is 8.74. The lowest BCUT2D eigenvalue weighted by atomic mass is 10.1. The second-order valence-corrected chi connectivity index (χ2v) is 2.41. The molecule has 1 nitrogen and oxygen atoms in total. The zero-order valence-corrected chi connectivity index (χ0v) is 6.47. The molecule has 0 aromatic heterocycles. The highest BCUT2D eigenvalue weighted by Gasteiger charge is 1.97. The molecule has 0 fully saturated rings. The van der Waals surface area contributed by atoms with Crippen molar-refractivity contribution in [3.63, 3.8) is 0 Å². The highest BCUT2D eigenvalue weighted by molar-refractivity contribution is 5.19. The number of rotatable bonds is 2. The minimum atomic E-state index is 0.795. The van der Waals surface area contributed by atoms with Crippen LogP contribution in [0.2, 0.25) is 0 Å². The standard InChI is InChI=1S/C9H14O/c1-2-3-4-9-5-7-10-8-6-9/h3-5H,2,6-8H2,1H3. The molecule has 0 aliphatic carbocycles. The summed E-state index contributed by atoms with van der Waals surface area (Å²) < 4.78 is 5.17. The summed E-state index contributed by atoms with van der Waals surface area (Å²) in [7, 11) is 0. The van der Waals surface area contributed by atoms with Crippen LogP contribution < -0.4 is 0 Å². The van der Waals surface area contributed by atoms with Crippen LogP contribution in [-0.2, 0) is 4.74 Å². The number of ether oxygens (including phenoxy) is 1. The zero-order valence-electron chi connectivity index (χ0n) is 6.47. The molecular weight excluding hydrogens is 124 g/mol. The Hall–Kier alpha value is -0.560. The van der Waals surface area contributed by atoms with Gasteiger partial charge < -0.3 is 4.74 Å². The highest BCUT2D eigenvalue weighted by atomic mass is 16.5. The summed E-state index contributed by atoms with van der Waals surface area (Å²) in [4.78, 5) is 0. The van der Waals surface area contributed by atoms with Gasteiger partial charge in [-0.25, -0.2) is 0 Å². The second kappa shape index (κ2) is 4.29. The van der Waals surface area contributed by atoms with Gasteiger partial charge in [0.2, 0.25) is 0 Å². The van der Waals surface area contributed by atoms with Crippen LogP contribution in [0.15, 0.2) is 23.8 Å². The van der Waals surface area contributed by atoms with Crippen molar-refractivity contribution in [1.82, 2.24) is 0 Å². The molecule has 0 N–H and O–H groups in total. The monoisotopic (exact) mass is 138 g/mol. The predicted octanol–water partition coefficient (Wildman–Crippen LogP) is 2.30. The lowest BCUT2D eigenvalue weighted by Crippen LogP contribution is -2.02. The molecule has 1 rings (SSSR count). The highest BCUT2D eigenvalue weighted by Crippen LogP contribution is 2.08. The lowest BCUT2D eigenvalue weighted by Gasteiger charge is -2.09. The predicted molar refractivity (Wildman–Crippen MR) is 43.0 cm³/mol. The molecule has 56 valence electrons. The first-order chi connectivity index (χ1) is 4.93. The molecule has 1 heterocycles. The fraction of sp³-hybridized carbons (Fsp3) is 0.556. The third-order valence-corrected chi connectivity index (χ3v) is 1.57. The van der Waals surface area contributed by atoms with Crippen LogP contribution in [0.1, 0.15) is 19.8 Å². The molecule has 0 bridgehead atoms. The molecule has 0 radical (unpaired) electrons. The van der Waals surface area contributed by atoms with E-state index in [2.05, 4.69) is 25.2 Å². The molecule has 0 aromatic carbocycles. The Balaban J connectivity index is 2.38. The van der Waals surface area contributed by atoms with E-state index < -0.39 is 0 Å². The van der Waals surface area contributed by atoms with Crippen LogP contribution in [0.25, 0.3) is 0 Å². The van der Waals surface area contributed by atoms with Crippen molar-refractivity contribution in [2.45, 2.75) is 19.8 Å². The minimum absolute atomic E-state index is 0.795. The fourth-order valence-electron chi connectivity index (χ4n) is 0.962. The van der Waals surface area contributed by atoms with E-state index in [1.54, 1.807) is 0 Å². The third kappa shape index (κ3) is 2.36. The van der Waals surface area contributed by atoms with Crippen molar-refractivity contribution < 1.29 is 4.74 Å². The summed E-state index contributed by atoms with van der Waals surface area (Å²) in [6, 6.07) is 0. The average Bonchev–Trinajstić information content (AvgIpc) is 2.03. The Kier molecular flexibility index (Phi) is 3.23. The summed E-state index contributed by atoms with van der Waals surface area (Å²) >= 11 is 0. The Labute approximate surface area is 62.4 Å². The van der Waals surface area contributed by atoms with Gasteiger partial charge in [-0.05, 0) is 18.4 Å². The summed E-state index contributed by atoms with van der Waals surface area (Å²) in [5.74, 6) is 0. The first kappa shape index (κ1) is 7.55. The molecule has 10 heavy (non-hydrogen) atoms. The van der Waals surface area contributed by atoms with Gasteiger partial charge in [-0.1, -0.05) is 25.2 Å². The summed E-state index contributed by atoms with van der Waals surface area (Å²) in [6.45, 7) is 3.83. The number of hydrogen-bond acceptors (Lipinski definition) is 1. The molecule has 0 amide bonds. The summed E-state index contributed by atoms with van der Waals surface area (Å²) in [5, 5.41) is 0. The van der Waals surface area contributed by atoms with Crippen molar-refractivity contribution in [2.75, 3.05) is 13.2 Å². The topological polar surface area (TPSA) is 9.23 Å². The van der Waals surface area contributed by atoms with E-state index in [9.17, 15) is 0 Å². The Bertz CT molecular complexity index is 145. The second-order valence-electron chi connectivity index (χ2n) is 2.41. The van der Waals surface area contributed by atoms with E-state index in [1.165, 1.54) is 5.57 Å². The van der Waals surface area contributed by atoms with Crippen LogP contribution in [-0.4, -0.2) is 13.2 Å². The van der Waals surface area contributed by atoms with E-state index in [4.69, 9.17) is 4.74 Å². The van der Waals surface area contributed by atoms with Gasteiger partial charge in [0.05, 0.1) is 13.2 Å². The Morgan fingerprint density at radius 2 is 2.60 bits per heavy atom. The molecular formula is C9H14O. The van der Waals surface area contributed by atoms with E-state index in [0.717, 1.165) is 26.1 Å². The van der Waals surface area contributed by atoms with Gasteiger partial charge >= 0.3 is 0 Å². The average molecular weight is 138 g/mol. The Morgan fingerprint density at radius 3 is 3.20 bits per heavy atom. The van der Waals surface area contributed by atoms with E-state index >= 15 is 0 Å². The zero-order chi connectivity index (χ0) is 7.23. The van der Waals surface area contributed by atoms with Crippen LogP contribution >= 0.6 is 0 Å². The third-order valence-electron chi connectivity index (χ3n) is 1.57. The fourth-order valence-corrected chi connectivity index (χ4v) is 0.962. The maximum atomic E-state index is 5.17. The number of allylic oxidation sites excluding steroid dienone is 2. The van der Waals surface area contributed by atoms with Crippen molar-refractivity contribution in [1.29, 1.82) is 0 Å². The molecule has 0 saturated carbocycles. The van der Waals surface area contributed by atoms with Gasteiger partial charge in [-0.2, -0.15) is 0 Å². The maximum absolute atomic E-state index is 5.17. The first-order valence-corrected chi connectivity index (χ1v) is 3.87.